The summed E-state index contributed by atoms with van der Waals surface area (Å²) in [4.78, 5) is 0. The zero-order valence-electron chi connectivity index (χ0n) is 6.23. The minimum absolute atomic E-state index is 0.100. The molecule has 1 atom stereocenters. The third-order valence-corrected chi connectivity index (χ3v) is 1.41. The van der Waals surface area contributed by atoms with Crippen molar-refractivity contribution in [2.24, 2.45) is 5.73 Å². The molecule has 0 aliphatic rings. The average Bonchev–Trinajstić information content (AvgIpc) is 1.96. The largest absolute Gasteiger partial charge is 0.301 e. The Balaban J connectivity index is 2.82. The van der Waals surface area contributed by atoms with E-state index in [-0.39, 0.29) is 6.42 Å². The van der Waals surface area contributed by atoms with Gasteiger partial charge in [0.25, 0.3) is 0 Å². The molecule has 1 rings (SSSR count). The van der Waals surface area contributed by atoms with E-state index in [1.165, 1.54) is 6.07 Å². The predicted molar refractivity (Wildman–Crippen MR) is 39.1 cm³/mol. The maximum Gasteiger partial charge on any atom is 0.159 e. The summed E-state index contributed by atoms with van der Waals surface area (Å²) >= 11 is 0. The van der Waals surface area contributed by atoms with Crippen LogP contribution in [-0.2, 0) is 6.42 Å². The Hall–Kier alpha value is -1.03. The molecule has 12 heavy (non-hydrogen) atoms. The molecule has 1 aromatic rings. The molecule has 0 saturated heterocycles. The second-order valence-corrected chi connectivity index (χ2v) is 2.47. The van der Waals surface area contributed by atoms with E-state index in [1.807, 2.05) is 0 Å². The number of hydrogen-bond acceptors (Lipinski definition) is 1. The Kier molecular flexibility index (Phi) is 2.70. The highest BCUT2D eigenvalue weighted by atomic mass is 19.2. The van der Waals surface area contributed by atoms with Crippen molar-refractivity contribution < 1.29 is 13.2 Å². The molecule has 4 heteroatoms. The highest BCUT2D eigenvalue weighted by molar-refractivity contribution is 5.18. The minimum Gasteiger partial charge on any atom is -0.301 e. The number of nitrogens with two attached hydrogens (primary N) is 1. The third kappa shape index (κ3) is 2.23. The zero-order chi connectivity index (χ0) is 9.14. The van der Waals surface area contributed by atoms with Gasteiger partial charge in [-0.1, -0.05) is 6.07 Å². The summed E-state index contributed by atoms with van der Waals surface area (Å²) < 4.78 is 37.0. The van der Waals surface area contributed by atoms with Crippen LogP contribution >= 0.6 is 0 Å². The van der Waals surface area contributed by atoms with Gasteiger partial charge in [0.15, 0.2) is 17.9 Å². The molecule has 0 radical (unpaired) electrons. The molecule has 0 aliphatic heterocycles. The standard InChI is InChI=1S/C8H8F3N/c9-6-2-1-5(3-7(6)10)4-8(11)12/h1-3,8H,4,12H2. The summed E-state index contributed by atoms with van der Waals surface area (Å²) in [6.07, 6.45) is -1.63. The van der Waals surface area contributed by atoms with E-state index in [4.69, 9.17) is 5.73 Å². The maximum atomic E-state index is 12.5. The number of alkyl halides is 1. The van der Waals surface area contributed by atoms with E-state index in [2.05, 4.69) is 0 Å². The summed E-state index contributed by atoms with van der Waals surface area (Å²) in [5.74, 6) is -1.92. The molecule has 0 saturated carbocycles. The van der Waals surface area contributed by atoms with E-state index in [0.29, 0.717) is 5.56 Å². The van der Waals surface area contributed by atoms with E-state index < -0.39 is 17.9 Å². The Morgan fingerprint density at radius 2 is 1.92 bits per heavy atom. The molecule has 0 aliphatic carbocycles. The first-order valence-corrected chi connectivity index (χ1v) is 3.43. The van der Waals surface area contributed by atoms with Crippen molar-refractivity contribution in [2.75, 3.05) is 0 Å². The lowest BCUT2D eigenvalue weighted by Gasteiger charge is -2.02. The van der Waals surface area contributed by atoms with Crippen molar-refractivity contribution in [3.63, 3.8) is 0 Å². The second-order valence-electron chi connectivity index (χ2n) is 2.47. The van der Waals surface area contributed by atoms with Gasteiger partial charge in [0.05, 0.1) is 0 Å². The highest BCUT2D eigenvalue weighted by Gasteiger charge is 2.05. The molecule has 1 nitrogen and oxygen atoms in total. The average molecular weight is 175 g/mol. The maximum absolute atomic E-state index is 12.5. The van der Waals surface area contributed by atoms with Gasteiger partial charge in [-0.05, 0) is 17.7 Å². The first kappa shape index (κ1) is 9.06. The van der Waals surface area contributed by atoms with Crippen LogP contribution in [0.3, 0.4) is 0 Å². The smallest absolute Gasteiger partial charge is 0.159 e. The van der Waals surface area contributed by atoms with Crippen molar-refractivity contribution in [3.05, 3.63) is 35.4 Å². The Morgan fingerprint density at radius 1 is 1.25 bits per heavy atom. The van der Waals surface area contributed by atoms with Crippen LogP contribution in [-0.4, -0.2) is 6.30 Å². The fourth-order valence-electron chi connectivity index (χ4n) is 0.892. The molecule has 0 spiro atoms. The minimum atomic E-state index is -1.53. The fraction of sp³-hybridized carbons (Fsp3) is 0.250. The summed E-state index contributed by atoms with van der Waals surface area (Å²) in [6.45, 7) is 0. The summed E-state index contributed by atoms with van der Waals surface area (Å²) in [5.41, 5.74) is 5.18. The van der Waals surface area contributed by atoms with Crippen molar-refractivity contribution in [1.29, 1.82) is 0 Å². The number of halogens is 3. The molecule has 0 bridgehead atoms. The monoisotopic (exact) mass is 175 g/mol. The van der Waals surface area contributed by atoms with Gasteiger partial charge in [0, 0.05) is 6.42 Å². The molecule has 2 N–H and O–H groups in total. The third-order valence-electron chi connectivity index (χ3n) is 1.41. The van der Waals surface area contributed by atoms with Gasteiger partial charge in [-0.3, -0.25) is 0 Å². The SMILES string of the molecule is NC(F)Cc1ccc(F)c(F)c1. The highest BCUT2D eigenvalue weighted by Crippen LogP contribution is 2.10. The van der Waals surface area contributed by atoms with Crippen molar-refractivity contribution >= 4 is 0 Å². The van der Waals surface area contributed by atoms with E-state index in [0.717, 1.165) is 12.1 Å². The lowest BCUT2D eigenvalue weighted by Crippen LogP contribution is -2.16. The van der Waals surface area contributed by atoms with Crippen molar-refractivity contribution in [2.45, 2.75) is 12.7 Å². The Morgan fingerprint density at radius 3 is 2.42 bits per heavy atom. The number of benzene rings is 1. The number of hydrogen-bond donors (Lipinski definition) is 1. The van der Waals surface area contributed by atoms with Crippen LogP contribution < -0.4 is 5.73 Å². The first-order chi connectivity index (χ1) is 5.59. The van der Waals surface area contributed by atoms with Crippen LogP contribution in [0.4, 0.5) is 13.2 Å². The van der Waals surface area contributed by atoms with Gasteiger partial charge in [-0.15, -0.1) is 0 Å². The van der Waals surface area contributed by atoms with Crippen LogP contribution in [0, 0.1) is 11.6 Å². The van der Waals surface area contributed by atoms with Crippen molar-refractivity contribution in [3.8, 4) is 0 Å². The lowest BCUT2D eigenvalue weighted by molar-refractivity contribution is 0.342. The second kappa shape index (κ2) is 3.58. The molecule has 66 valence electrons. The summed E-state index contributed by atoms with van der Waals surface area (Å²) in [5, 5.41) is 0. The molecule has 0 heterocycles. The Bertz CT molecular complexity index is 273. The molecular formula is C8H8F3N. The van der Waals surface area contributed by atoms with Crippen LogP contribution in [0.25, 0.3) is 0 Å². The van der Waals surface area contributed by atoms with E-state index in [9.17, 15) is 13.2 Å². The van der Waals surface area contributed by atoms with Gasteiger partial charge in [0.1, 0.15) is 0 Å². The normalized spacial score (nSPS) is 13.0. The zero-order valence-corrected chi connectivity index (χ0v) is 6.23. The van der Waals surface area contributed by atoms with Crippen molar-refractivity contribution in [1.82, 2.24) is 0 Å². The van der Waals surface area contributed by atoms with Crippen LogP contribution in [0.15, 0.2) is 18.2 Å². The van der Waals surface area contributed by atoms with Crippen LogP contribution in [0.1, 0.15) is 5.56 Å². The molecular weight excluding hydrogens is 167 g/mol. The van der Waals surface area contributed by atoms with Gasteiger partial charge in [-0.2, -0.15) is 0 Å². The quantitative estimate of drug-likeness (QED) is 0.681. The fourth-order valence-corrected chi connectivity index (χ4v) is 0.892. The molecule has 1 aromatic carbocycles. The predicted octanol–water partition coefficient (Wildman–Crippen LogP) is 1.76. The molecule has 0 aromatic heterocycles. The van der Waals surface area contributed by atoms with Gasteiger partial charge < -0.3 is 5.73 Å². The van der Waals surface area contributed by atoms with Crippen LogP contribution in [0.2, 0.25) is 0 Å². The molecule has 0 fully saturated rings. The Labute approximate surface area is 68.0 Å². The summed E-state index contributed by atoms with van der Waals surface area (Å²) in [7, 11) is 0. The summed E-state index contributed by atoms with van der Waals surface area (Å²) in [6, 6.07) is 3.19. The van der Waals surface area contributed by atoms with Gasteiger partial charge >= 0.3 is 0 Å². The number of rotatable bonds is 2. The lowest BCUT2D eigenvalue weighted by atomic mass is 10.1. The van der Waals surface area contributed by atoms with E-state index >= 15 is 0 Å². The molecule has 1 unspecified atom stereocenters. The first-order valence-electron chi connectivity index (χ1n) is 3.43. The van der Waals surface area contributed by atoms with E-state index in [1.54, 1.807) is 0 Å². The van der Waals surface area contributed by atoms with Crippen LogP contribution in [0.5, 0.6) is 0 Å². The topological polar surface area (TPSA) is 26.0 Å². The molecule has 0 amide bonds. The van der Waals surface area contributed by atoms with Gasteiger partial charge in [-0.25, -0.2) is 13.2 Å². The van der Waals surface area contributed by atoms with Gasteiger partial charge in [0.2, 0.25) is 0 Å².